The van der Waals surface area contributed by atoms with E-state index < -0.39 is 23.5 Å². The average Bonchev–Trinajstić information content (AvgIpc) is 2.63. The highest BCUT2D eigenvalue weighted by Crippen LogP contribution is 2.52. The Hall–Kier alpha value is -2.38. The number of allylic oxidation sites excluding steroid dienone is 4. The largest absolute Gasteiger partial charge is 0.662 e. The Kier molecular flexibility index (Phi) is 5.50. The molecule has 2 nitrogen and oxygen atoms in total. The van der Waals surface area contributed by atoms with Crippen molar-refractivity contribution < 1.29 is 26.3 Å². The second-order valence-electron chi connectivity index (χ2n) is 7.65. The highest BCUT2D eigenvalue weighted by molar-refractivity contribution is 5.91. The number of fused-ring (bicyclic) bond motifs is 3. The standard InChI is InChI=1S/C22H23F6N2/c1-6-11(3)19-15(7-2)18-16(20-13(5)29-12(4)10-30(19)20)8-14(21(23,24)25)9-17(18)22(26,27)28/h8-11H,6-7H2,1-5H3/q-1. The monoisotopic (exact) mass is 429 g/mol. The van der Waals surface area contributed by atoms with Crippen LogP contribution in [0.3, 0.4) is 0 Å². The van der Waals surface area contributed by atoms with E-state index in [0.717, 1.165) is 6.07 Å². The molecule has 2 aliphatic rings. The van der Waals surface area contributed by atoms with Gasteiger partial charge in [-0.05, 0) is 42.7 Å². The van der Waals surface area contributed by atoms with Crippen LogP contribution in [0.15, 0.2) is 35.4 Å². The zero-order valence-corrected chi connectivity index (χ0v) is 17.4. The summed E-state index contributed by atoms with van der Waals surface area (Å²) in [6.45, 7) is 8.93. The van der Waals surface area contributed by atoms with Crippen LogP contribution in [-0.4, -0.2) is 4.90 Å². The molecule has 0 spiro atoms. The normalized spacial score (nSPS) is 18.1. The van der Waals surface area contributed by atoms with Crippen LogP contribution in [0.2, 0.25) is 0 Å². The third-order valence-electron chi connectivity index (χ3n) is 5.57. The zero-order chi connectivity index (χ0) is 22.6. The van der Waals surface area contributed by atoms with E-state index in [1.165, 1.54) is 0 Å². The maximum atomic E-state index is 14.0. The van der Waals surface area contributed by atoms with Gasteiger partial charge in [0, 0.05) is 22.5 Å². The summed E-state index contributed by atoms with van der Waals surface area (Å²) in [6.07, 6.45) is -7.22. The van der Waals surface area contributed by atoms with E-state index in [4.69, 9.17) is 0 Å². The molecule has 0 aliphatic carbocycles. The molecule has 2 heterocycles. The van der Waals surface area contributed by atoms with Gasteiger partial charge in [0.1, 0.15) is 0 Å². The molecule has 3 rings (SSSR count). The lowest BCUT2D eigenvalue weighted by molar-refractivity contribution is -0.143. The Labute approximate surface area is 171 Å². The molecule has 0 N–H and O–H groups in total. The highest BCUT2D eigenvalue weighted by atomic mass is 19.4. The molecule has 0 radical (unpaired) electrons. The van der Waals surface area contributed by atoms with Crippen LogP contribution in [0, 0.1) is 5.92 Å². The number of alkyl halides is 6. The van der Waals surface area contributed by atoms with Gasteiger partial charge in [-0.25, -0.2) is 0 Å². The second-order valence-corrected chi connectivity index (χ2v) is 7.65. The fourth-order valence-electron chi connectivity index (χ4n) is 4.19. The summed E-state index contributed by atoms with van der Waals surface area (Å²) in [6, 6.07) is 1.05. The van der Waals surface area contributed by atoms with E-state index in [0.29, 0.717) is 29.1 Å². The van der Waals surface area contributed by atoms with Gasteiger partial charge < -0.3 is 10.2 Å². The summed E-state index contributed by atoms with van der Waals surface area (Å²) in [5, 5.41) is 4.33. The Balaban J connectivity index is 2.52. The van der Waals surface area contributed by atoms with Crippen molar-refractivity contribution in [2.24, 2.45) is 5.92 Å². The second kappa shape index (κ2) is 7.39. The quantitative estimate of drug-likeness (QED) is 0.443. The molecule has 1 unspecified atom stereocenters. The first-order valence-electron chi connectivity index (χ1n) is 9.77. The van der Waals surface area contributed by atoms with Crippen molar-refractivity contribution in [2.75, 3.05) is 0 Å². The van der Waals surface area contributed by atoms with Crippen LogP contribution >= 0.6 is 0 Å². The molecule has 164 valence electrons. The van der Waals surface area contributed by atoms with Crippen LogP contribution < -0.4 is 0 Å². The van der Waals surface area contributed by atoms with Gasteiger partial charge in [0.2, 0.25) is 0 Å². The first kappa shape index (κ1) is 22.3. The summed E-state index contributed by atoms with van der Waals surface area (Å²) in [5.41, 5.74) is -0.408. The molecule has 1 aromatic rings. The van der Waals surface area contributed by atoms with Gasteiger partial charge in [0.15, 0.2) is 0 Å². The van der Waals surface area contributed by atoms with Gasteiger partial charge >= 0.3 is 12.4 Å². The van der Waals surface area contributed by atoms with Gasteiger partial charge in [-0.1, -0.05) is 34.6 Å². The van der Waals surface area contributed by atoms with Crippen LogP contribution in [0.25, 0.3) is 16.6 Å². The van der Waals surface area contributed by atoms with Crippen LogP contribution in [0.5, 0.6) is 0 Å². The minimum absolute atomic E-state index is 0.0777. The molecule has 0 aromatic heterocycles. The van der Waals surface area contributed by atoms with Crippen LogP contribution in [0.1, 0.15) is 69.7 Å². The van der Waals surface area contributed by atoms with E-state index in [1.54, 1.807) is 31.9 Å². The third-order valence-corrected chi connectivity index (χ3v) is 5.57. The molecule has 1 atom stereocenters. The Morgan fingerprint density at radius 3 is 2.13 bits per heavy atom. The maximum Gasteiger partial charge on any atom is 0.417 e. The van der Waals surface area contributed by atoms with Gasteiger partial charge in [-0.2, -0.15) is 26.3 Å². The highest BCUT2D eigenvalue weighted by Gasteiger charge is 2.43. The number of rotatable bonds is 3. The molecule has 0 amide bonds. The van der Waals surface area contributed by atoms with Crippen molar-refractivity contribution in [3.63, 3.8) is 0 Å². The Morgan fingerprint density at radius 2 is 1.63 bits per heavy atom. The predicted octanol–water partition coefficient (Wildman–Crippen LogP) is 8.14. The fraction of sp³-hybridized carbons (Fsp3) is 0.455. The minimum atomic E-state index is -4.93. The summed E-state index contributed by atoms with van der Waals surface area (Å²) < 4.78 is 82.5. The van der Waals surface area contributed by atoms with Gasteiger partial charge in [-0.3, -0.25) is 0 Å². The van der Waals surface area contributed by atoms with Crippen molar-refractivity contribution in [3.05, 3.63) is 63.0 Å². The summed E-state index contributed by atoms with van der Waals surface area (Å²) in [5.74, 6) is -0.0959. The summed E-state index contributed by atoms with van der Waals surface area (Å²) >= 11 is 0. The van der Waals surface area contributed by atoms with Crippen molar-refractivity contribution in [1.29, 1.82) is 0 Å². The zero-order valence-electron chi connectivity index (χ0n) is 17.4. The van der Waals surface area contributed by atoms with Gasteiger partial charge in [0.25, 0.3) is 0 Å². The fourth-order valence-corrected chi connectivity index (χ4v) is 4.19. The average molecular weight is 429 g/mol. The summed E-state index contributed by atoms with van der Waals surface area (Å²) in [4.78, 5) is 1.74. The molecule has 1 aromatic carbocycles. The number of hydrogen-bond acceptors (Lipinski definition) is 1. The smallest absolute Gasteiger partial charge is 0.417 e. The van der Waals surface area contributed by atoms with Crippen molar-refractivity contribution in [2.45, 2.75) is 59.8 Å². The van der Waals surface area contributed by atoms with E-state index in [-0.39, 0.29) is 35.2 Å². The van der Waals surface area contributed by atoms with Crippen LogP contribution in [0.4, 0.5) is 26.3 Å². The van der Waals surface area contributed by atoms with Crippen LogP contribution in [-0.2, 0) is 12.4 Å². The number of halogens is 6. The molecule has 2 aliphatic heterocycles. The maximum absolute atomic E-state index is 14.0. The first-order chi connectivity index (χ1) is 13.8. The van der Waals surface area contributed by atoms with Crippen molar-refractivity contribution in [3.8, 4) is 0 Å². The first-order valence-corrected chi connectivity index (χ1v) is 9.77. The lowest BCUT2D eigenvalue weighted by atomic mass is 9.80. The number of benzene rings is 1. The lowest BCUT2D eigenvalue weighted by Crippen LogP contribution is -2.30. The van der Waals surface area contributed by atoms with Crippen molar-refractivity contribution in [1.82, 2.24) is 4.90 Å². The molecule has 8 heteroatoms. The van der Waals surface area contributed by atoms with Gasteiger partial charge in [-0.15, -0.1) is 11.4 Å². The van der Waals surface area contributed by atoms with E-state index in [2.05, 4.69) is 5.32 Å². The van der Waals surface area contributed by atoms with E-state index >= 15 is 0 Å². The Bertz CT molecular complexity index is 963. The topological polar surface area (TPSA) is 17.3 Å². The molecule has 0 fully saturated rings. The van der Waals surface area contributed by atoms with E-state index in [1.807, 2.05) is 13.8 Å². The Morgan fingerprint density at radius 1 is 1.00 bits per heavy atom. The summed E-state index contributed by atoms with van der Waals surface area (Å²) in [7, 11) is 0. The molecular weight excluding hydrogens is 406 g/mol. The molecule has 0 bridgehead atoms. The van der Waals surface area contributed by atoms with Crippen molar-refractivity contribution >= 4 is 11.3 Å². The molecular formula is C22H23F6N2-. The molecule has 0 saturated heterocycles. The third kappa shape index (κ3) is 3.61. The number of hydrogen-bond donors (Lipinski definition) is 0. The lowest BCUT2D eigenvalue weighted by Gasteiger charge is -2.46. The molecule has 30 heavy (non-hydrogen) atoms. The predicted molar refractivity (Wildman–Crippen MR) is 105 cm³/mol. The van der Waals surface area contributed by atoms with Gasteiger partial charge in [0.05, 0.1) is 11.1 Å². The SMILES string of the molecule is CCC1=C(C(C)CC)N2C=C(C)[N-]C(C)=C2c2cc(C(F)(F)F)cc(C(F)(F)F)c21. The number of nitrogens with zero attached hydrogens (tertiary/aromatic N) is 2. The van der Waals surface area contributed by atoms with E-state index in [9.17, 15) is 26.3 Å². The molecule has 0 saturated carbocycles. The minimum Gasteiger partial charge on any atom is -0.662 e.